The first-order valence-corrected chi connectivity index (χ1v) is 6.43. The molecule has 0 aliphatic carbocycles. The molecule has 0 fully saturated rings. The number of nitrogens with one attached hydrogen (secondary N) is 1. The predicted octanol–water partition coefficient (Wildman–Crippen LogP) is 0.678. The summed E-state index contributed by atoms with van der Waals surface area (Å²) in [6.07, 6.45) is 1.31. The number of nitrogen functional groups attached to an aromatic ring is 1. The minimum Gasteiger partial charge on any atom is -0.478 e. The largest absolute Gasteiger partial charge is 0.478 e. The van der Waals surface area contributed by atoms with Crippen molar-refractivity contribution in [1.82, 2.24) is 15.2 Å². The van der Waals surface area contributed by atoms with Crippen LogP contribution in [0.3, 0.4) is 0 Å². The Bertz CT molecular complexity index is 724. The van der Waals surface area contributed by atoms with Crippen molar-refractivity contribution in [2.45, 2.75) is 12.8 Å². The highest BCUT2D eigenvalue weighted by Crippen LogP contribution is 2.30. The van der Waals surface area contributed by atoms with E-state index in [9.17, 15) is 14.7 Å². The molecule has 1 aromatic heterocycles. The summed E-state index contributed by atoms with van der Waals surface area (Å²) in [5, 5.41) is 15.3. The lowest BCUT2D eigenvalue weighted by Crippen LogP contribution is -2.36. The van der Waals surface area contributed by atoms with Crippen LogP contribution in [0.4, 0.5) is 11.6 Å². The van der Waals surface area contributed by atoms with Gasteiger partial charge in [0.05, 0.1) is 5.56 Å². The number of hydrogen-bond acceptors (Lipinski definition) is 5. The van der Waals surface area contributed by atoms with Crippen LogP contribution >= 0.6 is 0 Å². The second kappa shape index (κ2) is 4.89. The van der Waals surface area contributed by atoms with Crippen LogP contribution in [0.15, 0.2) is 18.2 Å². The lowest BCUT2D eigenvalue weighted by molar-refractivity contribution is 0.0695. The van der Waals surface area contributed by atoms with Gasteiger partial charge in [0, 0.05) is 12.2 Å². The molecule has 2 heterocycles. The lowest BCUT2D eigenvalue weighted by Gasteiger charge is -2.29. The fourth-order valence-corrected chi connectivity index (χ4v) is 2.53. The van der Waals surface area contributed by atoms with Crippen molar-refractivity contribution in [1.29, 1.82) is 0 Å². The molecule has 0 spiro atoms. The molecule has 1 aromatic carbocycles. The molecule has 0 unspecified atom stereocenters. The quantitative estimate of drug-likeness (QED) is 0.745. The van der Waals surface area contributed by atoms with E-state index >= 15 is 0 Å². The Hall–Kier alpha value is -2.90. The van der Waals surface area contributed by atoms with Gasteiger partial charge in [-0.3, -0.25) is 9.89 Å². The van der Waals surface area contributed by atoms with Gasteiger partial charge in [-0.1, -0.05) is 6.07 Å². The van der Waals surface area contributed by atoms with E-state index in [1.165, 1.54) is 4.90 Å². The van der Waals surface area contributed by atoms with Crippen LogP contribution in [-0.2, 0) is 6.42 Å². The zero-order valence-electron chi connectivity index (χ0n) is 11.0. The fraction of sp³-hybridized carbons (Fsp3) is 0.231. The summed E-state index contributed by atoms with van der Waals surface area (Å²) in [4.78, 5) is 29.0. The van der Waals surface area contributed by atoms with E-state index in [-0.39, 0.29) is 23.2 Å². The van der Waals surface area contributed by atoms with Gasteiger partial charge >= 0.3 is 5.97 Å². The number of carboxylic acid groups (broad SMARTS) is 1. The third kappa shape index (κ3) is 2.20. The van der Waals surface area contributed by atoms with Gasteiger partial charge in [0.1, 0.15) is 0 Å². The predicted molar refractivity (Wildman–Crippen MR) is 74.2 cm³/mol. The van der Waals surface area contributed by atoms with Crippen molar-refractivity contribution in [3.05, 3.63) is 35.2 Å². The highest BCUT2D eigenvalue weighted by molar-refractivity contribution is 6.05. The van der Waals surface area contributed by atoms with Crippen molar-refractivity contribution in [3.63, 3.8) is 0 Å². The van der Waals surface area contributed by atoms with Crippen molar-refractivity contribution in [3.8, 4) is 0 Å². The Kier molecular flexibility index (Phi) is 3.05. The van der Waals surface area contributed by atoms with Crippen molar-refractivity contribution in [2.75, 3.05) is 17.2 Å². The maximum atomic E-state index is 12.4. The van der Waals surface area contributed by atoms with E-state index in [0.29, 0.717) is 30.6 Å². The van der Waals surface area contributed by atoms with E-state index in [0.717, 1.165) is 0 Å². The Morgan fingerprint density at radius 2 is 2.19 bits per heavy atom. The number of aromatic amines is 1. The minimum atomic E-state index is -0.995. The Morgan fingerprint density at radius 3 is 2.86 bits per heavy atom. The van der Waals surface area contributed by atoms with Gasteiger partial charge in [0.2, 0.25) is 11.8 Å². The molecule has 0 radical (unpaired) electrons. The van der Waals surface area contributed by atoms with Crippen LogP contribution in [0.25, 0.3) is 0 Å². The highest BCUT2D eigenvalue weighted by atomic mass is 16.4. The third-order valence-corrected chi connectivity index (χ3v) is 3.43. The summed E-state index contributed by atoms with van der Waals surface area (Å²) in [7, 11) is 0. The summed E-state index contributed by atoms with van der Waals surface area (Å²) in [5.41, 5.74) is 6.89. The number of carboxylic acids is 1. The first-order valence-electron chi connectivity index (χ1n) is 6.43. The smallest absolute Gasteiger partial charge is 0.336 e. The molecule has 21 heavy (non-hydrogen) atoms. The summed E-state index contributed by atoms with van der Waals surface area (Å²) in [5.74, 6) is -1.33. The number of aromatic carboxylic acids is 1. The number of benzene rings is 1. The number of aromatic nitrogens is 3. The second-order valence-electron chi connectivity index (χ2n) is 4.71. The monoisotopic (exact) mass is 287 g/mol. The van der Waals surface area contributed by atoms with Crippen LogP contribution < -0.4 is 10.6 Å². The van der Waals surface area contributed by atoms with Gasteiger partial charge in [-0.25, -0.2) is 4.79 Å². The van der Waals surface area contributed by atoms with Crippen LogP contribution in [0.1, 0.15) is 33.0 Å². The van der Waals surface area contributed by atoms with Crippen LogP contribution in [0.2, 0.25) is 0 Å². The molecule has 108 valence electrons. The number of anilines is 2. The molecule has 3 rings (SSSR count). The fourth-order valence-electron chi connectivity index (χ4n) is 2.53. The van der Waals surface area contributed by atoms with E-state index in [2.05, 4.69) is 15.2 Å². The van der Waals surface area contributed by atoms with Gasteiger partial charge in [-0.05, 0) is 30.5 Å². The average molecular weight is 287 g/mol. The average Bonchev–Trinajstić information content (AvgIpc) is 2.91. The normalized spacial score (nSPS) is 13.8. The molecule has 8 nitrogen and oxygen atoms in total. The first-order chi connectivity index (χ1) is 10.1. The standard InChI is InChI=1S/C13H13N5O3/c14-13-15-10(16-17-13)11(19)18-6-2-4-7-8(12(20)21)3-1-5-9(7)18/h1,3,5H,2,4,6H2,(H,20,21)(H3,14,15,16,17). The van der Waals surface area contributed by atoms with Crippen molar-refractivity contribution < 1.29 is 14.7 Å². The summed E-state index contributed by atoms with van der Waals surface area (Å²) < 4.78 is 0. The topological polar surface area (TPSA) is 125 Å². The van der Waals surface area contributed by atoms with Crippen LogP contribution in [0, 0.1) is 0 Å². The molecule has 0 bridgehead atoms. The Labute approximate surface area is 119 Å². The molecular formula is C13H13N5O3. The van der Waals surface area contributed by atoms with Crippen LogP contribution in [-0.4, -0.2) is 38.7 Å². The SMILES string of the molecule is Nc1n[nH]c(C(=O)N2CCCc3c(C(=O)O)cccc32)n1. The molecule has 4 N–H and O–H groups in total. The number of nitrogens with zero attached hydrogens (tertiary/aromatic N) is 3. The van der Waals surface area contributed by atoms with E-state index < -0.39 is 5.97 Å². The lowest BCUT2D eigenvalue weighted by atomic mass is 9.96. The number of nitrogens with two attached hydrogens (primary N) is 1. The zero-order valence-corrected chi connectivity index (χ0v) is 11.0. The number of carbonyl (C=O) groups excluding carboxylic acids is 1. The molecule has 0 atom stereocenters. The van der Waals surface area contributed by atoms with Gasteiger partial charge in [0.15, 0.2) is 0 Å². The molecule has 2 aromatic rings. The zero-order chi connectivity index (χ0) is 15.0. The number of rotatable bonds is 2. The van der Waals surface area contributed by atoms with Gasteiger partial charge < -0.3 is 15.7 Å². The second-order valence-corrected chi connectivity index (χ2v) is 4.71. The molecular weight excluding hydrogens is 274 g/mol. The number of hydrogen-bond donors (Lipinski definition) is 3. The highest BCUT2D eigenvalue weighted by Gasteiger charge is 2.28. The summed E-state index contributed by atoms with van der Waals surface area (Å²) in [6.45, 7) is 0.496. The van der Waals surface area contributed by atoms with Crippen LogP contribution in [0.5, 0.6) is 0 Å². The number of fused-ring (bicyclic) bond motifs is 1. The molecule has 8 heteroatoms. The maximum Gasteiger partial charge on any atom is 0.336 e. The Balaban J connectivity index is 2.03. The molecule has 1 aliphatic heterocycles. The number of carbonyl (C=O) groups is 2. The minimum absolute atomic E-state index is 0.00475. The van der Waals surface area contributed by atoms with E-state index in [1.54, 1.807) is 18.2 Å². The van der Waals surface area contributed by atoms with Gasteiger partial charge in [-0.15, -0.1) is 5.10 Å². The first kappa shape index (κ1) is 13.1. The molecule has 0 saturated carbocycles. The summed E-state index contributed by atoms with van der Waals surface area (Å²) in [6, 6.07) is 4.91. The third-order valence-electron chi connectivity index (χ3n) is 3.43. The number of H-pyrrole nitrogens is 1. The van der Waals surface area contributed by atoms with Crippen molar-refractivity contribution in [2.24, 2.45) is 0 Å². The van der Waals surface area contributed by atoms with E-state index in [1.807, 2.05) is 0 Å². The molecule has 0 saturated heterocycles. The maximum absolute atomic E-state index is 12.4. The molecule has 1 aliphatic rings. The summed E-state index contributed by atoms with van der Waals surface area (Å²) >= 11 is 0. The van der Waals surface area contributed by atoms with Gasteiger partial charge in [0.25, 0.3) is 5.91 Å². The number of amides is 1. The Morgan fingerprint density at radius 1 is 1.38 bits per heavy atom. The van der Waals surface area contributed by atoms with Crippen molar-refractivity contribution >= 4 is 23.5 Å². The van der Waals surface area contributed by atoms with Gasteiger partial charge in [-0.2, -0.15) is 4.98 Å². The molecule has 1 amide bonds. The van der Waals surface area contributed by atoms with E-state index in [4.69, 9.17) is 5.73 Å².